The molecule has 142 valence electrons. The van der Waals surface area contributed by atoms with Crippen LogP contribution in [0.1, 0.15) is 32.0 Å². The molecule has 2 amide bonds. The molecule has 2 N–H and O–H groups in total. The van der Waals surface area contributed by atoms with Crippen molar-refractivity contribution in [1.29, 1.82) is 0 Å². The van der Waals surface area contributed by atoms with Gasteiger partial charge in [-0.15, -0.1) is 0 Å². The molecule has 0 unspecified atom stereocenters. The fourth-order valence-electron chi connectivity index (χ4n) is 2.53. The lowest BCUT2D eigenvalue weighted by atomic mass is 10.1. The number of halogens is 2. The molecule has 0 spiro atoms. The normalized spacial score (nSPS) is 10.4. The van der Waals surface area contributed by atoms with Crippen LogP contribution in [0, 0.1) is 12.7 Å². The van der Waals surface area contributed by atoms with E-state index in [4.69, 9.17) is 11.6 Å². The van der Waals surface area contributed by atoms with E-state index < -0.39 is 17.6 Å². The van der Waals surface area contributed by atoms with Crippen molar-refractivity contribution in [3.63, 3.8) is 0 Å². The molecule has 7 heteroatoms. The molecule has 3 rings (SSSR count). The Bertz CT molecular complexity index is 1040. The number of carbonyl (C=O) groups excluding carboxylic acids is 2. The Kier molecular flexibility index (Phi) is 6.01. The van der Waals surface area contributed by atoms with Crippen LogP contribution in [0.25, 0.3) is 0 Å². The Labute approximate surface area is 166 Å². The smallest absolute Gasteiger partial charge is 0.270 e. The number of nitrogens with zero attached hydrogens (tertiary/aromatic N) is 1. The first-order valence-electron chi connectivity index (χ1n) is 8.49. The zero-order valence-corrected chi connectivity index (χ0v) is 15.8. The third kappa shape index (κ3) is 4.72. The molecular formula is C21H17ClFN3O2. The first kappa shape index (κ1) is 19.5. The lowest BCUT2D eigenvalue weighted by molar-refractivity contribution is 0.0945. The van der Waals surface area contributed by atoms with E-state index in [9.17, 15) is 14.0 Å². The second-order valence-corrected chi connectivity index (χ2v) is 6.55. The lowest BCUT2D eigenvalue weighted by Crippen LogP contribution is -2.25. The van der Waals surface area contributed by atoms with Crippen LogP contribution >= 0.6 is 11.6 Å². The van der Waals surface area contributed by atoms with Gasteiger partial charge in [0, 0.05) is 34.6 Å². The minimum absolute atomic E-state index is 0.0192. The largest absolute Gasteiger partial charge is 0.347 e. The van der Waals surface area contributed by atoms with Gasteiger partial charge in [0.2, 0.25) is 0 Å². The number of aromatic nitrogens is 1. The van der Waals surface area contributed by atoms with Crippen LogP contribution in [0.2, 0.25) is 5.02 Å². The van der Waals surface area contributed by atoms with Crippen LogP contribution in [0.4, 0.5) is 10.1 Å². The van der Waals surface area contributed by atoms with E-state index in [1.54, 1.807) is 36.4 Å². The van der Waals surface area contributed by atoms with Gasteiger partial charge in [-0.1, -0.05) is 35.9 Å². The molecule has 0 bridgehead atoms. The summed E-state index contributed by atoms with van der Waals surface area (Å²) in [5, 5.41) is 5.87. The van der Waals surface area contributed by atoms with E-state index in [2.05, 4.69) is 15.6 Å². The lowest BCUT2D eigenvalue weighted by Gasteiger charge is -2.10. The second-order valence-electron chi connectivity index (χ2n) is 6.12. The fourth-order valence-corrected chi connectivity index (χ4v) is 2.70. The van der Waals surface area contributed by atoms with Crippen LogP contribution in [-0.2, 0) is 6.54 Å². The summed E-state index contributed by atoms with van der Waals surface area (Å²) in [6.45, 7) is 1.87. The van der Waals surface area contributed by atoms with Crippen molar-refractivity contribution in [1.82, 2.24) is 10.3 Å². The molecule has 0 aliphatic rings. The van der Waals surface area contributed by atoms with Crippen LogP contribution in [0.3, 0.4) is 0 Å². The van der Waals surface area contributed by atoms with Crippen LogP contribution < -0.4 is 10.6 Å². The molecule has 0 fully saturated rings. The van der Waals surface area contributed by atoms with Gasteiger partial charge in [-0.3, -0.25) is 14.6 Å². The van der Waals surface area contributed by atoms with Crippen molar-refractivity contribution >= 4 is 29.1 Å². The number of rotatable bonds is 5. The summed E-state index contributed by atoms with van der Waals surface area (Å²) < 4.78 is 13.7. The molecule has 1 aromatic heterocycles. The van der Waals surface area contributed by atoms with E-state index >= 15 is 0 Å². The number of carbonyl (C=O) groups is 2. The number of amides is 2. The first-order valence-corrected chi connectivity index (χ1v) is 8.87. The summed E-state index contributed by atoms with van der Waals surface area (Å²) in [6, 6.07) is 14.2. The molecular weight excluding hydrogens is 381 g/mol. The number of nitrogens with one attached hydrogen (secondary N) is 2. The number of hydrogen-bond donors (Lipinski definition) is 2. The van der Waals surface area contributed by atoms with Gasteiger partial charge in [0.25, 0.3) is 11.8 Å². The molecule has 5 nitrogen and oxygen atoms in total. The SMILES string of the molecule is Cc1ccc(Cl)cc1NC(=O)c1ccnc(C(=O)NCc2ccccc2F)c1. The summed E-state index contributed by atoms with van der Waals surface area (Å²) in [5.74, 6) is -1.30. The molecule has 1 heterocycles. The third-order valence-corrected chi connectivity index (χ3v) is 4.33. The predicted octanol–water partition coefficient (Wildman–Crippen LogP) is 4.36. The van der Waals surface area contributed by atoms with Gasteiger partial charge in [0.15, 0.2) is 0 Å². The second kappa shape index (κ2) is 8.63. The number of anilines is 1. The Morgan fingerprint density at radius 1 is 1.07 bits per heavy atom. The van der Waals surface area contributed by atoms with E-state index in [0.717, 1.165) is 5.56 Å². The Morgan fingerprint density at radius 2 is 1.86 bits per heavy atom. The van der Waals surface area contributed by atoms with Gasteiger partial charge >= 0.3 is 0 Å². The van der Waals surface area contributed by atoms with Gasteiger partial charge in [-0.2, -0.15) is 0 Å². The maximum Gasteiger partial charge on any atom is 0.270 e. The third-order valence-electron chi connectivity index (χ3n) is 4.10. The minimum atomic E-state index is -0.503. The Balaban J connectivity index is 1.70. The highest BCUT2D eigenvalue weighted by Gasteiger charge is 2.13. The van der Waals surface area contributed by atoms with Gasteiger partial charge < -0.3 is 10.6 Å². The van der Waals surface area contributed by atoms with Gasteiger partial charge in [0.1, 0.15) is 11.5 Å². The van der Waals surface area contributed by atoms with E-state index in [1.807, 2.05) is 6.92 Å². The van der Waals surface area contributed by atoms with E-state index in [-0.39, 0.29) is 17.8 Å². The molecule has 0 saturated carbocycles. The van der Waals surface area contributed by atoms with Crippen molar-refractivity contribution in [2.75, 3.05) is 5.32 Å². The van der Waals surface area contributed by atoms with Gasteiger partial charge in [-0.25, -0.2) is 4.39 Å². The highest BCUT2D eigenvalue weighted by atomic mass is 35.5. The monoisotopic (exact) mass is 397 g/mol. The summed E-state index contributed by atoms with van der Waals surface area (Å²) in [4.78, 5) is 28.8. The van der Waals surface area contributed by atoms with Crippen molar-refractivity contribution in [3.8, 4) is 0 Å². The molecule has 0 radical (unpaired) electrons. The fraction of sp³-hybridized carbons (Fsp3) is 0.0952. The van der Waals surface area contributed by atoms with Crippen LogP contribution in [-0.4, -0.2) is 16.8 Å². The zero-order chi connectivity index (χ0) is 20.1. The summed E-state index contributed by atoms with van der Waals surface area (Å²) in [7, 11) is 0. The van der Waals surface area contributed by atoms with Crippen molar-refractivity contribution in [2.24, 2.45) is 0 Å². The van der Waals surface area contributed by atoms with E-state index in [0.29, 0.717) is 16.3 Å². The van der Waals surface area contributed by atoms with Gasteiger partial charge in [0.05, 0.1) is 0 Å². The van der Waals surface area contributed by atoms with Crippen molar-refractivity contribution < 1.29 is 14.0 Å². The Morgan fingerprint density at radius 3 is 2.64 bits per heavy atom. The van der Waals surface area contributed by atoms with Crippen molar-refractivity contribution in [2.45, 2.75) is 13.5 Å². The topological polar surface area (TPSA) is 71.1 Å². The maximum absolute atomic E-state index is 13.7. The Hall–Kier alpha value is -3.25. The highest BCUT2D eigenvalue weighted by molar-refractivity contribution is 6.31. The number of hydrogen-bond acceptors (Lipinski definition) is 3. The standard InChI is InChI=1S/C21H17ClFN3O2/c1-13-6-7-16(22)11-18(13)26-20(27)14-8-9-24-19(10-14)21(28)25-12-15-4-2-3-5-17(15)23/h2-11H,12H2,1H3,(H,25,28)(H,26,27). The minimum Gasteiger partial charge on any atom is -0.347 e. The zero-order valence-electron chi connectivity index (χ0n) is 15.0. The predicted molar refractivity (Wildman–Crippen MR) is 106 cm³/mol. The molecule has 0 saturated heterocycles. The summed E-state index contributed by atoms with van der Waals surface area (Å²) in [6.07, 6.45) is 1.37. The van der Waals surface area contributed by atoms with Crippen LogP contribution in [0.15, 0.2) is 60.8 Å². The summed E-state index contributed by atoms with van der Waals surface area (Å²) >= 11 is 5.97. The molecule has 0 aliphatic carbocycles. The summed E-state index contributed by atoms with van der Waals surface area (Å²) in [5.41, 5.74) is 2.13. The van der Waals surface area contributed by atoms with Crippen LogP contribution in [0.5, 0.6) is 0 Å². The first-order chi connectivity index (χ1) is 13.4. The van der Waals surface area contributed by atoms with E-state index in [1.165, 1.54) is 24.4 Å². The molecule has 3 aromatic rings. The average molecular weight is 398 g/mol. The molecule has 28 heavy (non-hydrogen) atoms. The number of aryl methyl sites for hydroxylation is 1. The highest BCUT2D eigenvalue weighted by Crippen LogP contribution is 2.21. The quantitative estimate of drug-likeness (QED) is 0.671. The maximum atomic E-state index is 13.7. The van der Waals surface area contributed by atoms with Gasteiger partial charge in [-0.05, 0) is 42.8 Å². The molecule has 0 atom stereocenters. The average Bonchev–Trinajstić information content (AvgIpc) is 2.70. The van der Waals surface area contributed by atoms with Crippen molar-refractivity contribution in [3.05, 3.63) is 94.0 Å². The molecule has 2 aromatic carbocycles. The number of benzene rings is 2. The molecule has 0 aliphatic heterocycles. The number of pyridine rings is 1.